The molecule has 2 heterocycles. The molecule has 1 aromatic carbocycles. The zero-order chi connectivity index (χ0) is 12.5. The highest BCUT2D eigenvalue weighted by molar-refractivity contribution is 5.78. The van der Waals surface area contributed by atoms with Crippen molar-refractivity contribution < 1.29 is 4.79 Å². The van der Waals surface area contributed by atoms with Crippen LogP contribution in [0.2, 0.25) is 0 Å². The van der Waals surface area contributed by atoms with Crippen molar-refractivity contribution in [2.75, 3.05) is 6.54 Å². The lowest BCUT2D eigenvalue weighted by Gasteiger charge is -2.27. The fourth-order valence-corrected chi connectivity index (χ4v) is 3.15. The molecule has 1 amide bonds. The Labute approximate surface area is 108 Å². The highest BCUT2D eigenvalue weighted by Crippen LogP contribution is 2.40. The highest BCUT2D eigenvalue weighted by Gasteiger charge is 2.45. The largest absolute Gasteiger partial charge is 0.273 e. The van der Waals surface area contributed by atoms with Gasteiger partial charge in [0, 0.05) is 13.0 Å². The second kappa shape index (κ2) is 4.58. The summed E-state index contributed by atoms with van der Waals surface area (Å²) in [4.78, 5) is 12.0. The number of benzene rings is 1. The summed E-state index contributed by atoms with van der Waals surface area (Å²) >= 11 is 0. The molecule has 0 radical (unpaired) electrons. The van der Waals surface area contributed by atoms with Crippen molar-refractivity contribution in [3.8, 4) is 0 Å². The first-order chi connectivity index (χ1) is 8.81. The number of hydrazine groups is 1. The SMILES string of the molecule is C=CCC1CC(c2ccccc2)N2CCC(=O)N12. The molecule has 0 aromatic heterocycles. The number of hydrogen-bond acceptors (Lipinski definition) is 2. The number of nitrogens with zero attached hydrogens (tertiary/aromatic N) is 2. The van der Waals surface area contributed by atoms with Gasteiger partial charge in [0.2, 0.25) is 5.91 Å². The Morgan fingerprint density at radius 1 is 1.33 bits per heavy atom. The molecule has 0 N–H and O–H groups in total. The monoisotopic (exact) mass is 242 g/mol. The molecule has 0 spiro atoms. The summed E-state index contributed by atoms with van der Waals surface area (Å²) in [6, 6.07) is 11.1. The van der Waals surface area contributed by atoms with E-state index in [4.69, 9.17) is 0 Å². The Bertz CT molecular complexity index is 457. The van der Waals surface area contributed by atoms with Gasteiger partial charge in [-0.25, -0.2) is 5.01 Å². The Morgan fingerprint density at radius 2 is 2.11 bits per heavy atom. The molecule has 2 aliphatic rings. The van der Waals surface area contributed by atoms with E-state index in [1.165, 1.54) is 5.56 Å². The summed E-state index contributed by atoms with van der Waals surface area (Å²) in [6.07, 6.45) is 4.46. The molecule has 3 heteroatoms. The summed E-state index contributed by atoms with van der Waals surface area (Å²) in [7, 11) is 0. The number of fused-ring (bicyclic) bond motifs is 1. The van der Waals surface area contributed by atoms with Gasteiger partial charge in [-0.15, -0.1) is 6.58 Å². The Morgan fingerprint density at radius 3 is 2.83 bits per heavy atom. The van der Waals surface area contributed by atoms with Crippen molar-refractivity contribution in [1.29, 1.82) is 0 Å². The van der Waals surface area contributed by atoms with Gasteiger partial charge in [0.05, 0.1) is 12.1 Å². The van der Waals surface area contributed by atoms with E-state index >= 15 is 0 Å². The zero-order valence-electron chi connectivity index (χ0n) is 10.5. The predicted molar refractivity (Wildman–Crippen MR) is 70.6 cm³/mol. The molecule has 2 aliphatic heterocycles. The molecule has 94 valence electrons. The summed E-state index contributed by atoms with van der Waals surface area (Å²) in [6.45, 7) is 4.66. The average Bonchev–Trinajstić information content (AvgIpc) is 2.94. The van der Waals surface area contributed by atoms with E-state index < -0.39 is 0 Å². The van der Waals surface area contributed by atoms with Crippen molar-refractivity contribution in [2.24, 2.45) is 0 Å². The Kier molecular flexibility index (Phi) is 2.92. The Balaban J connectivity index is 1.89. The average molecular weight is 242 g/mol. The molecule has 3 nitrogen and oxygen atoms in total. The van der Waals surface area contributed by atoms with Crippen LogP contribution in [-0.2, 0) is 4.79 Å². The molecule has 0 aliphatic carbocycles. The summed E-state index contributed by atoms with van der Waals surface area (Å²) < 4.78 is 0. The first kappa shape index (κ1) is 11.5. The fourth-order valence-electron chi connectivity index (χ4n) is 3.15. The van der Waals surface area contributed by atoms with E-state index in [1.807, 2.05) is 17.2 Å². The topological polar surface area (TPSA) is 23.6 Å². The molecule has 18 heavy (non-hydrogen) atoms. The summed E-state index contributed by atoms with van der Waals surface area (Å²) in [5, 5.41) is 4.21. The van der Waals surface area contributed by atoms with Gasteiger partial charge >= 0.3 is 0 Å². The maximum Gasteiger partial charge on any atom is 0.238 e. The van der Waals surface area contributed by atoms with Crippen molar-refractivity contribution in [3.63, 3.8) is 0 Å². The number of rotatable bonds is 3. The van der Waals surface area contributed by atoms with Crippen molar-refractivity contribution in [3.05, 3.63) is 48.6 Å². The van der Waals surface area contributed by atoms with Gasteiger partial charge < -0.3 is 0 Å². The van der Waals surface area contributed by atoms with Crippen molar-refractivity contribution in [2.45, 2.75) is 31.3 Å². The number of amides is 1. The second-order valence-corrected chi connectivity index (χ2v) is 4.99. The number of carbonyl (C=O) groups excluding carboxylic acids is 1. The molecule has 1 aromatic rings. The second-order valence-electron chi connectivity index (χ2n) is 4.99. The first-order valence-corrected chi connectivity index (χ1v) is 6.55. The third-order valence-corrected chi connectivity index (χ3v) is 3.91. The van der Waals surface area contributed by atoms with Crippen LogP contribution < -0.4 is 0 Å². The van der Waals surface area contributed by atoms with Crippen LogP contribution in [-0.4, -0.2) is 28.5 Å². The number of carbonyl (C=O) groups is 1. The molecule has 2 unspecified atom stereocenters. The van der Waals surface area contributed by atoms with Gasteiger partial charge in [-0.05, 0) is 18.4 Å². The molecule has 0 bridgehead atoms. The maximum absolute atomic E-state index is 12.0. The summed E-state index contributed by atoms with van der Waals surface area (Å²) in [5.74, 6) is 0.264. The van der Waals surface area contributed by atoms with Crippen LogP contribution in [0.25, 0.3) is 0 Å². The van der Waals surface area contributed by atoms with E-state index in [0.29, 0.717) is 18.5 Å². The van der Waals surface area contributed by atoms with Gasteiger partial charge in [0.1, 0.15) is 0 Å². The van der Waals surface area contributed by atoms with Gasteiger partial charge in [0.25, 0.3) is 0 Å². The minimum Gasteiger partial charge on any atom is -0.273 e. The van der Waals surface area contributed by atoms with Crippen LogP contribution in [0.3, 0.4) is 0 Å². The molecular weight excluding hydrogens is 224 g/mol. The maximum atomic E-state index is 12.0. The molecular formula is C15H18N2O. The molecule has 2 fully saturated rings. The van der Waals surface area contributed by atoms with Gasteiger partial charge in [-0.1, -0.05) is 36.4 Å². The Hall–Kier alpha value is -1.61. The van der Waals surface area contributed by atoms with Crippen LogP contribution in [0.1, 0.15) is 30.9 Å². The third kappa shape index (κ3) is 1.75. The molecule has 2 atom stereocenters. The normalized spacial score (nSPS) is 27.6. The predicted octanol–water partition coefficient (Wildman–Crippen LogP) is 2.53. The van der Waals surface area contributed by atoms with Crippen LogP contribution in [0.5, 0.6) is 0 Å². The van der Waals surface area contributed by atoms with Crippen molar-refractivity contribution >= 4 is 5.91 Å². The minimum absolute atomic E-state index is 0.264. The van der Waals surface area contributed by atoms with Gasteiger partial charge in [0.15, 0.2) is 0 Å². The minimum atomic E-state index is 0.264. The van der Waals surface area contributed by atoms with E-state index in [1.54, 1.807) is 0 Å². The zero-order valence-corrected chi connectivity index (χ0v) is 10.5. The van der Waals surface area contributed by atoms with E-state index in [0.717, 1.165) is 19.4 Å². The van der Waals surface area contributed by atoms with Crippen LogP contribution in [0.15, 0.2) is 43.0 Å². The lowest BCUT2D eigenvalue weighted by atomic mass is 9.99. The number of hydrogen-bond donors (Lipinski definition) is 0. The smallest absolute Gasteiger partial charge is 0.238 e. The van der Waals surface area contributed by atoms with Crippen LogP contribution >= 0.6 is 0 Å². The lowest BCUT2D eigenvalue weighted by molar-refractivity contribution is -0.138. The molecule has 2 saturated heterocycles. The standard InChI is InChI=1S/C15H18N2O/c1-2-6-13-11-14(12-7-4-3-5-8-12)16-10-9-15(18)17(13)16/h2-5,7-8,13-14H,1,6,9-11H2. The summed E-state index contributed by atoms with van der Waals surface area (Å²) in [5.41, 5.74) is 1.31. The third-order valence-electron chi connectivity index (χ3n) is 3.91. The molecule has 3 rings (SSSR count). The van der Waals surface area contributed by atoms with Crippen LogP contribution in [0.4, 0.5) is 0 Å². The van der Waals surface area contributed by atoms with Crippen LogP contribution in [0, 0.1) is 0 Å². The lowest BCUT2D eigenvalue weighted by Crippen LogP contribution is -2.38. The van der Waals surface area contributed by atoms with E-state index in [9.17, 15) is 4.79 Å². The van der Waals surface area contributed by atoms with E-state index in [2.05, 4.69) is 35.9 Å². The van der Waals surface area contributed by atoms with Gasteiger partial charge in [-0.2, -0.15) is 0 Å². The van der Waals surface area contributed by atoms with Crippen molar-refractivity contribution in [1.82, 2.24) is 10.0 Å². The quantitative estimate of drug-likeness (QED) is 0.760. The fraction of sp³-hybridized carbons (Fsp3) is 0.400. The van der Waals surface area contributed by atoms with E-state index in [-0.39, 0.29) is 5.91 Å². The van der Waals surface area contributed by atoms with Gasteiger partial charge in [-0.3, -0.25) is 9.80 Å². The highest BCUT2D eigenvalue weighted by atomic mass is 16.2. The first-order valence-electron chi connectivity index (χ1n) is 6.55. The molecule has 0 saturated carbocycles.